The highest BCUT2D eigenvalue weighted by Crippen LogP contribution is 2.23. The Balaban J connectivity index is 2.35. The van der Waals surface area contributed by atoms with Crippen LogP contribution in [0.3, 0.4) is 0 Å². The lowest BCUT2D eigenvalue weighted by Gasteiger charge is -2.36. The van der Waals surface area contributed by atoms with Crippen LogP contribution in [0.25, 0.3) is 0 Å². The van der Waals surface area contributed by atoms with Crippen molar-refractivity contribution in [1.82, 2.24) is 9.80 Å². The predicted octanol–water partition coefficient (Wildman–Crippen LogP) is 1.37. The number of carbonyl (C=O) groups is 1. The van der Waals surface area contributed by atoms with E-state index in [2.05, 4.69) is 23.9 Å². The molecule has 0 aromatic carbocycles. The van der Waals surface area contributed by atoms with Gasteiger partial charge in [-0.05, 0) is 59.8 Å². The van der Waals surface area contributed by atoms with E-state index in [-0.39, 0.29) is 0 Å². The largest absolute Gasteiger partial charge is 0.481 e. The van der Waals surface area contributed by atoms with Gasteiger partial charge in [-0.15, -0.1) is 0 Å². The SMILES string of the molecule is CN(C)CC1CCN(CC(C)(C)C(=O)O)CC1. The fourth-order valence-electron chi connectivity index (χ4n) is 2.47. The molecule has 0 aromatic heterocycles. The van der Waals surface area contributed by atoms with Gasteiger partial charge in [0.05, 0.1) is 5.41 Å². The van der Waals surface area contributed by atoms with E-state index >= 15 is 0 Å². The second kappa shape index (κ2) is 5.83. The van der Waals surface area contributed by atoms with E-state index in [1.807, 2.05) is 0 Å². The van der Waals surface area contributed by atoms with Crippen molar-refractivity contribution in [2.75, 3.05) is 40.3 Å². The van der Waals surface area contributed by atoms with Gasteiger partial charge < -0.3 is 14.9 Å². The van der Waals surface area contributed by atoms with Gasteiger partial charge in [-0.25, -0.2) is 0 Å². The van der Waals surface area contributed by atoms with Crippen molar-refractivity contribution < 1.29 is 9.90 Å². The summed E-state index contributed by atoms with van der Waals surface area (Å²) < 4.78 is 0. The zero-order chi connectivity index (χ0) is 13.1. The molecule has 0 radical (unpaired) electrons. The summed E-state index contributed by atoms with van der Waals surface area (Å²) in [6.07, 6.45) is 2.38. The number of nitrogens with zero attached hydrogens (tertiary/aromatic N) is 2. The first kappa shape index (κ1) is 14.5. The molecule has 4 heteroatoms. The zero-order valence-corrected chi connectivity index (χ0v) is 11.6. The second-order valence-corrected chi connectivity index (χ2v) is 6.17. The maximum absolute atomic E-state index is 11.1. The average molecular weight is 242 g/mol. The molecule has 0 atom stereocenters. The molecule has 0 aromatic rings. The van der Waals surface area contributed by atoms with Crippen LogP contribution in [0.1, 0.15) is 26.7 Å². The summed E-state index contributed by atoms with van der Waals surface area (Å²) in [6.45, 7) is 7.50. The van der Waals surface area contributed by atoms with Crippen molar-refractivity contribution in [2.24, 2.45) is 11.3 Å². The van der Waals surface area contributed by atoms with Gasteiger partial charge in [0.15, 0.2) is 0 Å². The van der Waals surface area contributed by atoms with Gasteiger partial charge in [0.1, 0.15) is 0 Å². The van der Waals surface area contributed by atoms with E-state index < -0.39 is 11.4 Å². The third-order valence-electron chi connectivity index (χ3n) is 3.53. The van der Waals surface area contributed by atoms with Crippen LogP contribution in [0, 0.1) is 11.3 Å². The number of piperidine rings is 1. The van der Waals surface area contributed by atoms with Crippen LogP contribution in [0.15, 0.2) is 0 Å². The zero-order valence-electron chi connectivity index (χ0n) is 11.6. The minimum absolute atomic E-state index is 0.631. The molecular formula is C13H26N2O2. The molecule has 17 heavy (non-hydrogen) atoms. The molecule has 1 saturated heterocycles. The van der Waals surface area contributed by atoms with Gasteiger partial charge in [0.25, 0.3) is 0 Å². The van der Waals surface area contributed by atoms with E-state index in [0.717, 1.165) is 25.6 Å². The highest BCUT2D eigenvalue weighted by atomic mass is 16.4. The summed E-state index contributed by atoms with van der Waals surface area (Å²) in [7, 11) is 4.22. The van der Waals surface area contributed by atoms with Crippen LogP contribution in [-0.2, 0) is 4.79 Å². The first-order valence-corrected chi connectivity index (χ1v) is 6.42. The van der Waals surface area contributed by atoms with Crippen LogP contribution in [0.5, 0.6) is 0 Å². The number of carboxylic acids is 1. The third kappa shape index (κ3) is 4.64. The van der Waals surface area contributed by atoms with Crippen molar-refractivity contribution >= 4 is 5.97 Å². The van der Waals surface area contributed by atoms with Gasteiger partial charge >= 0.3 is 5.97 Å². The van der Waals surface area contributed by atoms with E-state index in [1.54, 1.807) is 13.8 Å². The Labute approximate surface area is 105 Å². The molecule has 1 aliphatic heterocycles. The van der Waals surface area contributed by atoms with Crippen molar-refractivity contribution in [1.29, 1.82) is 0 Å². The van der Waals surface area contributed by atoms with E-state index in [1.165, 1.54) is 12.8 Å². The van der Waals surface area contributed by atoms with Crippen molar-refractivity contribution in [3.8, 4) is 0 Å². The summed E-state index contributed by atoms with van der Waals surface area (Å²) in [6, 6.07) is 0. The Morgan fingerprint density at radius 3 is 2.29 bits per heavy atom. The summed E-state index contributed by atoms with van der Waals surface area (Å²) in [5.74, 6) is 0.0714. The van der Waals surface area contributed by atoms with Crippen LogP contribution in [0.4, 0.5) is 0 Å². The number of hydrogen-bond acceptors (Lipinski definition) is 3. The lowest BCUT2D eigenvalue weighted by atomic mass is 9.90. The van der Waals surface area contributed by atoms with Gasteiger partial charge in [-0.3, -0.25) is 4.79 Å². The Morgan fingerprint density at radius 2 is 1.88 bits per heavy atom. The normalized spacial score (nSPS) is 19.8. The van der Waals surface area contributed by atoms with Gasteiger partial charge in [-0.2, -0.15) is 0 Å². The smallest absolute Gasteiger partial charge is 0.310 e. The Kier molecular flexibility index (Phi) is 4.95. The van der Waals surface area contributed by atoms with Gasteiger partial charge in [0, 0.05) is 13.1 Å². The Bertz CT molecular complexity index is 256. The molecule has 0 saturated carbocycles. The number of likely N-dealkylation sites (tertiary alicyclic amines) is 1. The fraction of sp³-hybridized carbons (Fsp3) is 0.923. The lowest BCUT2D eigenvalue weighted by Crippen LogP contribution is -2.44. The molecule has 0 amide bonds. The number of carboxylic acid groups (broad SMARTS) is 1. The highest BCUT2D eigenvalue weighted by molar-refractivity contribution is 5.73. The van der Waals surface area contributed by atoms with Crippen molar-refractivity contribution in [3.63, 3.8) is 0 Å². The van der Waals surface area contributed by atoms with Crippen molar-refractivity contribution in [2.45, 2.75) is 26.7 Å². The molecular weight excluding hydrogens is 216 g/mol. The molecule has 0 bridgehead atoms. The van der Waals surface area contributed by atoms with E-state index in [0.29, 0.717) is 6.54 Å². The molecule has 4 nitrogen and oxygen atoms in total. The van der Waals surface area contributed by atoms with Crippen LogP contribution < -0.4 is 0 Å². The lowest BCUT2D eigenvalue weighted by molar-refractivity contribution is -0.148. The predicted molar refractivity (Wildman–Crippen MR) is 69.1 cm³/mol. The Hall–Kier alpha value is -0.610. The first-order valence-electron chi connectivity index (χ1n) is 6.42. The standard InChI is InChI=1S/C13H26N2O2/c1-13(2,12(16)17)10-15-7-5-11(6-8-15)9-14(3)4/h11H,5-10H2,1-4H3,(H,16,17). The topological polar surface area (TPSA) is 43.8 Å². The molecule has 0 spiro atoms. The Morgan fingerprint density at radius 1 is 1.35 bits per heavy atom. The average Bonchev–Trinajstić information content (AvgIpc) is 2.19. The maximum Gasteiger partial charge on any atom is 0.310 e. The quantitative estimate of drug-likeness (QED) is 0.791. The minimum atomic E-state index is -0.701. The molecule has 1 rings (SSSR count). The first-order chi connectivity index (χ1) is 7.81. The second-order valence-electron chi connectivity index (χ2n) is 6.17. The summed E-state index contributed by atoms with van der Waals surface area (Å²) in [5.41, 5.74) is -0.631. The summed E-state index contributed by atoms with van der Waals surface area (Å²) in [5, 5.41) is 9.11. The fourth-order valence-corrected chi connectivity index (χ4v) is 2.47. The molecule has 1 heterocycles. The maximum atomic E-state index is 11.1. The highest BCUT2D eigenvalue weighted by Gasteiger charge is 2.31. The van der Waals surface area contributed by atoms with Crippen LogP contribution >= 0.6 is 0 Å². The molecule has 1 aliphatic rings. The molecule has 1 N–H and O–H groups in total. The minimum Gasteiger partial charge on any atom is -0.481 e. The van der Waals surface area contributed by atoms with Gasteiger partial charge in [0.2, 0.25) is 0 Å². The number of rotatable bonds is 5. The van der Waals surface area contributed by atoms with E-state index in [9.17, 15) is 4.79 Å². The van der Waals surface area contributed by atoms with E-state index in [4.69, 9.17) is 5.11 Å². The summed E-state index contributed by atoms with van der Waals surface area (Å²) >= 11 is 0. The van der Waals surface area contributed by atoms with Crippen LogP contribution in [-0.4, -0.2) is 61.2 Å². The third-order valence-corrected chi connectivity index (χ3v) is 3.53. The summed E-state index contributed by atoms with van der Waals surface area (Å²) in [4.78, 5) is 15.6. The van der Waals surface area contributed by atoms with Gasteiger partial charge in [-0.1, -0.05) is 0 Å². The number of hydrogen-bond donors (Lipinski definition) is 1. The molecule has 100 valence electrons. The monoisotopic (exact) mass is 242 g/mol. The number of aliphatic carboxylic acids is 1. The molecule has 0 aliphatic carbocycles. The van der Waals surface area contributed by atoms with Crippen molar-refractivity contribution in [3.05, 3.63) is 0 Å². The molecule has 1 fully saturated rings. The molecule has 0 unspecified atom stereocenters. The van der Waals surface area contributed by atoms with Crippen LogP contribution in [0.2, 0.25) is 0 Å².